The van der Waals surface area contributed by atoms with Crippen LogP contribution in [-0.2, 0) is 16.8 Å². The molecule has 4 heteroatoms. The third-order valence-corrected chi connectivity index (χ3v) is 4.75. The van der Waals surface area contributed by atoms with Crippen molar-refractivity contribution in [3.63, 3.8) is 0 Å². The topological polar surface area (TPSA) is 38.3 Å². The third-order valence-electron chi connectivity index (χ3n) is 4.75. The van der Waals surface area contributed by atoms with Crippen LogP contribution in [0.1, 0.15) is 36.8 Å². The van der Waals surface area contributed by atoms with Gasteiger partial charge < -0.3 is 10.1 Å². The first-order chi connectivity index (χ1) is 11.6. The molecule has 3 nitrogen and oxygen atoms in total. The lowest BCUT2D eigenvalue weighted by atomic mass is 9.87. The number of rotatable bonds is 5. The largest absolute Gasteiger partial charge is 0.497 e. The molecule has 0 spiro atoms. The molecule has 0 bridgehead atoms. The molecule has 0 atom stereocenters. The number of halogens is 1. The Morgan fingerprint density at radius 1 is 1.12 bits per heavy atom. The SMILES string of the molecule is COc1ccc(CC(=O)NC2(c3ccccc3F)CCCC2)cc1. The van der Waals surface area contributed by atoms with Crippen molar-refractivity contribution < 1.29 is 13.9 Å². The molecule has 1 amide bonds. The van der Waals surface area contributed by atoms with Crippen molar-refractivity contribution in [1.29, 1.82) is 0 Å². The van der Waals surface area contributed by atoms with E-state index in [0.717, 1.165) is 37.0 Å². The van der Waals surface area contributed by atoms with E-state index in [4.69, 9.17) is 4.74 Å². The van der Waals surface area contributed by atoms with Gasteiger partial charge in [0.25, 0.3) is 0 Å². The lowest BCUT2D eigenvalue weighted by Crippen LogP contribution is -2.45. The molecular formula is C20H22FNO2. The average Bonchev–Trinajstić information content (AvgIpc) is 3.05. The number of carbonyl (C=O) groups excluding carboxylic acids is 1. The van der Waals surface area contributed by atoms with Gasteiger partial charge in [0.15, 0.2) is 0 Å². The molecule has 0 unspecified atom stereocenters. The molecule has 0 aromatic heterocycles. The zero-order chi connectivity index (χ0) is 17.0. The van der Waals surface area contributed by atoms with Gasteiger partial charge >= 0.3 is 0 Å². The number of benzene rings is 2. The molecule has 1 aliphatic rings. The molecule has 3 rings (SSSR count). The van der Waals surface area contributed by atoms with E-state index in [-0.39, 0.29) is 18.1 Å². The van der Waals surface area contributed by atoms with Gasteiger partial charge in [-0.25, -0.2) is 4.39 Å². The number of hydrogen-bond donors (Lipinski definition) is 1. The van der Waals surface area contributed by atoms with Crippen molar-refractivity contribution in [2.75, 3.05) is 7.11 Å². The van der Waals surface area contributed by atoms with E-state index in [1.807, 2.05) is 30.3 Å². The summed E-state index contributed by atoms with van der Waals surface area (Å²) in [7, 11) is 1.61. The maximum Gasteiger partial charge on any atom is 0.225 e. The molecular weight excluding hydrogens is 305 g/mol. The Morgan fingerprint density at radius 2 is 1.79 bits per heavy atom. The van der Waals surface area contributed by atoms with Crippen molar-refractivity contribution in [1.82, 2.24) is 5.32 Å². The highest BCUT2D eigenvalue weighted by Gasteiger charge is 2.38. The summed E-state index contributed by atoms with van der Waals surface area (Å²) >= 11 is 0. The van der Waals surface area contributed by atoms with Gasteiger partial charge in [-0.2, -0.15) is 0 Å². The number of methoxy groups -OCH3 is 1. The monoisotopic (exact) mass is 327 g/mol. The van der Waals surface area contributed by atoms with Crippen LogP contribution in [0.4, 0.5) is 4.39 Å². The lowest BCUT2D eigenvalue weighted by Gasteiger charge is -2.31. The summed E-state index contributed by atoms with van der Waals surface area (Å²) in [5, 5.41) is 3.12. The van der Waals surface area contributed by atoms with Gasteiger partial charge in [-0.05, 0) is 36.6 Å². The normalized spacial score (nSPS) is 15.9. The van der Waals surface area contributed by atoms with Crippen LogP contribution in [0.3, 0.4) is 0 Å². The molecule has 2 aromatic rings. The van der Waals surface area contributed by atoms with E-state index in [0.29, 0.717) is 5.56 Å². The number of nitrogens with one attached hydrogen (secondary N) is 1. The zero-order valence-electron chi connectivity index (χ0n) is 13.8. The van der Waals surface area contributed by atoms with Gasteiger partial charge in [-0.1, -0.05) is 43.2 Å². The fourth-order valence-electron chi connectivity index (χ4n) is 3.53. The van der Waals surface area contributed by atoms with Crippen molar-refractivity contribution in [3.8, 4) is 5.75 Å². The van der Waals surface area contributed by atoms with Crippen molar-refractivity contribution >= 4 is 5.91 Å². The molecule has 2 aromatic carbocycles. The predicted molar refractivity (Wildman–Crippen MR) is 91.4 cm³/mol. The van der Waals surface area contributed by atoms with Crippen LogP contribution in [0.5, 0.6) is 5.75 Å². The van der Waals surface area contributed by atoms with Crippen molar-refractivity contribution in [3.05, 3.63) is 65.5 Å². The van der Waals surface area contributed by atoms with Gasteiger partial charge in [0, 0.05) is 5.56 Å². The molecule has 1 N–H and O–H groups in total. The van der Waals surface area contributed by atoms with Crippen molar-refractivity contribution in [2.24, 2.45) is 0 Å². The van der Waals surface area contributed by atoms with E-state index >= 15 is 0 Å². The fraction of sp³-hybridized carbons (Fsp3) is 0.350. The summed E-state index contributed by atoms with van der Waals surface area (Å²) in [6.07, 6.45) is 3.83. The highest BCUT2D eigenvalue weighted by Crippen LogP contribution is 2.39. The summed E-state index contributed by atoms with van der Waals surface area (Å²) in [6, 6.07) is 14.2. The second-order valence-electron chi connectivity index (χ2n) is 6.34. The number of carbonyl (C=O) groups is 1. The molecule has 0 heterocycles. The zero-order valence-corrected chi connectivity index (χ0v) is 13.8. The minimum atomic E-state index is -0.575. The molecule has 0 aliphatic heterocycles. The van der Waals surface area contributed by atoms with Gasteiger partial charge in [0.2, 0.25) is 5.91 Å². The van der Waals surface area contributed by atoms with Crippen LogP contribution in [0.15, 0.2) is 48.5 Å². The van der Waals surface area contributed by atoms with Crippen LogP contribution < -0.4 is 10.1 Å². The van der Waals surface area contributed by atoms with E-state index in [9.17, 15) is 9.18 Å². The summed E-state index contributed by atoms with van der Waals surface area (Å²) < 4.78 is 19.4. The number of ether oxygens (including phenoxy) is 1. The Labute approximate surface area is 141 Å². The van der Waals surface area contributed by atoms with E-state index in [1.54, 1.807) is 19.2 Å². The minimum absolute atomic E-state index is 0.0784. The Hall–Kier alpha value is -2.36. The molecule has 1 fully saturated rings. The van der Waals surface area contributed by atoms with E-state index in [1.165, 1.54) is 6.07 Å². The molecule has 126 valence electrons. The van der Waals surface area contributed by atoms with Crippen LogP contribution >= 0.6 is 0 Å². The third kappa shape index (κ3) is 3.42. The minimum Gasteiger partial charge on any atom is -0.497 e. The van der Waals surface area contributed by atoms with Crippen LogP contribution in [-0.4, -0.2) is 13.0 Å². The van der Waals surface area contributed by atoms with Crippen LogP contribution in [0.2, 0.25) is 0 Å². The van der Waals surface area contributed by atoms with Crippen LogP contribution in [0, 0.1) is 5.82 Å². The highest BCUT2D eigenvalue weighted by molar-refractivity contribution is 5.79. The van der Waals surface area contributed by atoms with Gasteiger partial charge in [0.1, 0.15) is 11.6 Å². The quantitative estimate of drug-likeness (QED) is 0.902. The molecule has 0 saturated heterocycles. The summed E-state index contributed by atoms with van der Waals surface area (Å²) in [5.74, 6) is 0.437. The lowest BCUT2D eigenvalue weighted by molar-refractivity contribution is -0.122. The van der Waals surface area contributed by atoms with Gasteiger partial charge in [0.05, 0.1) is 19.1 Å². The smallest absolute Gasteiger partial charge is 0.225 e. The van der Waals surface area contributed by atoms with Crippen molar-refractivity contribution in [2.45, 2.75) is 37.6 Å². The average molecular weight is 327 g/mol. The van der Waals surface area contributed by atoms with Gasteiger partial charge in [-0.3, -0.25) is 4.79 Å². The second kappa shape index (κ2) is 7.04. The maximum atomic E-state index is 14.3. The first-order valence-corrected chi connectivity index (χ1v) is 8.32. The number of amides is 1. The Morgan fingerprint density at radius 3 is 2.42 bits per heavy atom. The standard InChI is InChI=1S/C20H22FNO2/c1-24-16-10-8-15(9-11-16)14-19(23)22-20(12-4-5-13-20)17-6-2-3-7-18(17)21/h2-3,6-11H,4-5,12-14H2,1H3,(H,22,23). The maximum absolute atomic E-state index is 14.3. The van der Waals surface area contributed by atoms with E-state index in [2.05, 4.69) is 5.32 Å². The summed E-state index contributed by atoms with van der Waals surface area (Å²) in [4.78, 5) is 12.5. The van der Waals surface area contributed by atoms with E-state index < -0.39 is 5.54 Å². The molecule has 0 radical (unpaired) electrons. The molecule has 1 saturated carbocycles. The second-order valence-corrected chi connectivity index (χ2v) is 6.34. The highest BCUT2D eigenvalue weighted by atomic mass is 19.1. The Bertz CT molecular complexity index is 706. The Balaban J connectivity index is 1.76. The summed E-state index contributed by atoms with van der Waals surface area (Å²) in [6.45, 7) is 0. The number of hydrogen-bond acceptors (Lipinski definition) is 2. The molecule has 24 heavy (non-hydrogen) atoms. The first-order valence-electron chi connectivity index (χ1n) is 8.32. The Kier molecular flexibility index (Phi) is 4.84. The summed E-state index contributed by atoms with van der Waals surface area (Å²) in [5.41, 5.74) is 0.940. The predicted octanol–water partition coefficient (Wildman–Crippen LogP) is 3.96. The fourth-order valence-corrected chi connectivity index (χ4v) is 3.53. The van der Waals surface area contributed by atoms with Crippen LogP contribution in [0.25, 0.3) is 0 Å². The molecule has 1 aliphatic carbocycles. The van der Waals surface area contributed by atoms with Gasteiger partial charge in [-0.15, -0.1) is 0 Å². The first kappa shape index (κ1) is 16.5.